The Morgan fingerprint density at radius 1 is 0.786 bits per heavy atom. The molecule has 3 aromatic rings. The average Bonchev–Trinajstić information content (AvgIpc) is 2.75. The molecule has 2 unspecified atom stereocenters. The molecule has 0 saturated heterocycles. The highest BCUT2D eigenvalue weighted by Crippen LogP contribution is 2.46. The van der Waals surface area contributed by atoms with Gasteiger partial charge in [-0.25, -0.2) is 0 Å². The molecule has 0 radical (unpaired) electrons. The van der Waals surface area contributed by atoms with Gasteiger partial charge < -0.3 is 16.6 Å². The minimum atomic E-state index is -0.817. The lowest BCUT2D eigenvalue weighted by Gasteiger charge is -2.42. The summed E-state index contributed by atoms with van der Waals surface area (Å²) in [5, 5.41) is 9.57. The van der Waals surface area contributed by atoms with Crippen LogP contribution in [0.15, 0.2) is 91.0 Å². The van der Waals surface area contributed by atoms with E-state index in [4.69, 9.17) is 11.5 Å². The molecule has 0 aliphatic heterocycles. The summed E-state index contributed by atoms with van der Waals surface area (Å²) in [6.45, 7) is -0.210. The van der Waals surface area contributed by atoms with Gasteiger partial charge in [0.2, 0.25) is 5.91 Å². The SMILES string of the molecule is NC(=O)C(CC(N)CO)C(c1ccccc1)(c1ccccc1)c1ccccc1. The van der Waals surface area contributed by atoms with Crippen LogP contribution in [-0.4, -0.2) is 23.7 Å². The summed E-state index contributed by atoms with van der Waals surface area (Å²) in [5.41, 5.74) is 14.1. The Labute approximate surface area is 165 Å². The Balaban J connectivity index is 2.38. The zero-order chi connectivity index (χ0) is 20.0. The first-order valence-corrected chi connectivity index (χ1v) is 9.43. The largest absolute Gasteiger partial charge is 0.395 e. The number of aliphatic hydroxyl groups excluding tert-OH is 1. The molecule has 0 aliphatic carbocycles. The average molecular weight is 374 g/mol. The quantitative estimate of drug-likeness (QED) is 0.530. The molecule has 1 amide bonds. The molecule has 28 heavy (non-hydrogen) atoms. The van der Waals surface area contributed by atoms with E-state index in [1.54, 1.807) is 0 Å². The van der Waals surface area contributed by atoms with Gasteiger partial charge in [-0.1, -0.05) is 91.0 Å². The standard InChI is InChI=1S/C24H26N2O2/c25-21(17-27)16-22(23(26)28)24(18-10-4-1-5-11-18,19-12-6-2-7-13-19)20-14-8-3-9-15-20/h1-15,21-22,27H,16-17,25H2,(H2,26,28). The van der Waals surface area contributed by atoms with Gasteiger partial charge in [0.1, 0.15) is 0 Å². The third-order valence-electron chi connectivity index (χ3n) is 5.33. The van der Waals surface area contributed by atoms with Gasteiger partial charge in [0.05, 0.1) is 17.9 Å². The number of carbonyl (C=O) groups is 1. The molecule has 3 aromatic carbocycles. The van der Waals surface area contributed by atoms with E-state index in [0.717, 1.165) is 16.7 Å². The van der Waals surface area contributed by atoms with Crippen molar-refractivity contribution in [1.29, 1.82) is 0 Å². The zero-order valence-corrected chi connectivity index (χ0v) is 15.7. The highest BCUT2D eigenvalue weighted by molar-refractivity contribution is 5.81. The van der Waals surface area contributed by atoms with E-state index in [0.29, 0.717) is 0 Å². The number of carbonyl (C=O) groups excluding carboxylic acids is 1. The third-order valence-corrected chi connectivity index (χ3v) is 5.33. The Bertz CT molecular complexity index is 786. The maximum Gasteiger partial charge on any atom is 0.222 e. The van der Waals surface area contributed by atoms with Crippen molar-refractivity contribution in [3.8, 4) is 0 Å². The van der Waals surface area contributed by atoms with Crippen LogP contribution in [0.5, 0.6) is 0 Å². The Morgan fingerprint density at radius 3 is 1.43 bits per heavy atom. The first-order chi connectivity index (χ1) is 13.6. The van der Waals surface area contributed by atoms with Crippen molar-refractivity contribution >= 4 is 5.91 Å². The summed E-state index contributed by atoms with van der Waals surface area (Å²) in [6, 6.07) is 29.1. The number of primary amides is 1. The van der Waals surface area contributed by atoms with Crippen molar-refractivity contribution in [1.82, 2.24) is 0 Å². The predicted octanol–water partition coefficient (Wildman–Crippen LogP) is 2.83. The number of hydrogen-bond donors (Lipinski definition) is 3. The van der Waals surface area contributed by atoms with Crippen molar-refractivity contribution in [2.75, 3.05) is 6.61 Å². The van der Waals surface area contributed by atoms with Crippen molar-refractivity contribution in [3.63, 3.8) is 0 Å². The molecule has 0 bridgehead atoms. The molecule has 0 heterocycles. The fourth-order valence-corrected chi connectivity index (χ4v) is 4.09. The second-order valence-corrected chi connectivity index (χ2v) is 7.04. The fraction of sp³-hybridized carbons (Fsp3) is 0.208. The van der Waals surface area contributed by atoms with E-state index >= 15 is 0 Å². The van der Waals surface area contributed by atoms with Gasteiger partial charge in [-0.2, -0.15) is 0 Å². The lowest BCUT2D eigenvalue weighted by Crippen LogP contribution is -2.48. The van der Waals surface area contributed by atoms with Crippen LogP contribution in [0, 0.1) is 5.92 Å². The van der Waals surface area contributed by atoms with Gasteiger partial charge in [-0.05, 0) is 23.1 Å². The molecule has 0 aromatic heterocycles. The van der Waals surface area contributed by atoms with Gasteiger partial charge in [0.25, 0.3) is 0 Å². The van der Waals surface area contributed by atoms with E-state index in [-0.39, 0.29) is 13.0 Å². The first-order valence-electron chi connectivity index (χ1n) is 9.43. The Hall–Kier alpha value is -2.95. The molecular formula is C24H26N2O2. The molecule has 0 saturated carbocycles. The van der Waals surface area contributed by atoms with E-state index in [1.807, 2.05) is 91.0 Å². The third kappa shape index (κ3) is 3.70. The number of hydrogen-bond acceptors (Lipinski definition) is 3. The van der Waals surface area contributed by atoms with E-state index in [1.165, 1.54) is 0 Å². The van der Waals surface area contributed by atoms with Crippen LogP contribution in [0.3, 0.4) is 0 Å². The maximum atomic E-state index is 12.8. The molecule has 0 fully saturated rings. The minimum Gasteiger partial charge on any atom is -0.395 e. The van der Waals surface area contributed by atoms with Crippen LogP contribution in [0.25, 0.3) is 0 Å². The van der Waals surface area contributed by atoms with Gasteiger partial charge in [0.15, 0.2) is 0 Å². The highest BCUT2D eigenvalue weighted by atomic mass is 16.3. The zero-order valence-electron chi connectivity index (χ0n) is 15.7. The number of amides is 1. The summed E-state index contributed by atoms with van der Waals surface area (Å²) in [5.74, 6) is -1.08. The number of aliphatic hydroxyl groups is 1. The summed E-state index contributed by atoms with van der Waals surface area (Å²) in [7, 11) is 0. The molecule has 0 spiro atoms. The number of benzene rings is 3. The summed E-state index contributed by atoms with van der Waals surface area (Å²) < 4.78 is 0. The number of nitrogens with two attached hydrogens (primary N) is 2. The van der Waals surface area contributed by atoms with Gasteiger partial charge in [0, 0.05) is 6.04 Å². The molecule has 4 heteroatoms. The summed E-state index contributed by atoms with van der Waals surface area (Å²) >= 11 is 0. The van der Waals surface area contributed by atoms with Crippen LogP contribution in [-0.2, 0) is 10.2 Å². The van der Waals surface area contributed by atoms with Gasteiger partial charge in [-0.3, -0.25) is 4.79 Å². The van der Waals surface area contributed by atoms with Crippen LogP contribution in [0.1, 0.15) is 23.1 Å². The molecule has 144 valence electrons. The van der Waals surface area contributed by atoms with Crippen LogP contribution in [0.2, 0.25) is 0 Å². The van der Waals surface area contributed by atoms with E-state index in [9.17, 15) is 9.90 Å². The molecule has 2 atom stereocenters. The predicted molar refractivity (Wildman–Crippen MR) is 112 cm³/mol. The van der Waals surface area contributed by atoms with Gasteiger partial charge in [-0.15, -0.1) is 0 Å². The molecule has 5 N–H and O–H groups in total. The summed E-state index contributed by atoms with van der Waals surface area (Å²) in [6.07, 6.45) is 0.268. The first kappa shape index (κ1) is 19.8. The normalized spacial score (nSPS) is 13.6. The fourth-order valence-electron chi connectivity index (χ4n) is 4.09. The molecule has 4 nitrogen and oxygen atoms in total. The van der Waals surface area contributed by atoms with Crippen molar-refractivity contribution < 1.29 is 9.90 Å². The minimum absolute atomic E-state index is 0.210. The topological polar surface area (TPSA) is 89.3 Å². The Kier molecular flexibility index (Phi) is 6.24. The van der Waals surface area contributed by atoms with Crippen LogP contribution >= 0.6 is 0 Å². The highest BCUT2D eigenvalue weighted by Gasteiger charge is 2.46. The molecular weight excluding hydrogens is 348 g/mol. The maximum absolute atomic E-state index is 12.8. The van der Waals surface area contributed by atoms with Crippen LogP contribution in [0.4, 0.5) is 0 Å². The number of rotatable bonds is 8. The molecule has 0 aliphatic rings. The van der Waals surface area contributed by atoms with Crippen molar-refractivity contribution in [3.05, 3.63) is 108 Å². The molecule has 3 rings (SSSR count). The second kappa shape index (κ2) is 8.83. The Morgan fingerprint density at radius 2 is 1.14 bits per heavy atom. The van der Waals surface area contributed by atoms with Crippen molar-refractivity contribution in [2.45, 2.75) is 17.9 Å². The lowest BCUT2D eigenvalue weighted by atomic mass is 9.60. The summed E-state index contributed by atoms with van der Waals surface area (Å²) in [4.78, 5) is 12.8. The van der Waals surface area contributed by atoms with Gasteiger partial charge >= 0.3 is 0 Å². The van der Waals surface area contributed by atoms with Crippen molar-refractivity contribution in [2.24, 2.45) is 17.4 Å². The smallest absolute Gasteiger partial charge is 0.222 e. The second-order valence-electron chi connectivity index (χ2n) is 7.04. The monoisotopic (exact) mass is 374 g/mol. The van der Waals surface area contributed by atoms with Crippen LogP contribution < -0.4 is 11.5 Å². The van der Waals surface area contributed by atoms with E-state index in [2.05, 4.69) is 0 Å². The lowest BCUT2D eigenvalue weighted by molar-refractivity contribution is -0.123. The van der Waals surface area contributed by atoms with E-state index < -0.39 is 23.3 Å².